The van der Waals surface area contributed by atoms with Gasteiger partial charge in [0.1, 0.15) is 24.8 Å². The molecule has 3 heterocycles. The van der Waals surface area contributed by atoms with Gasteiger partial charge >= 0.3 is 0 Å². The minimum Gasteiger partial charge on any atom is -0.366 e. The lowest BCUT2D eigenvalue weighted by Gasteiger charge is -2.34. The van der Waals surface area contributed by atoms with Gasteiger partial charge in [-0.25, -0.2) is 4.98 Å². The van der Waals surface area contributed by atoms with Gasteiger partial charge in [-0.1, -0.05) is 25.3 Å². The maximum atomic E-state index is 13.7. The van der Waals surface area contributed by atoms with Gasteiger partial charge in [-0.3, -0.25) is 14.4 Å². The van der Waals surface area contributed by atoms with E-state index in [1.165, 1.54) is 0 Å². The third-order valence-electron chi connectivity index (χ3n) is 6.99. The van der Waals surface area contributed by atoms with E-state index in [4.69, 9.17) is 16.3 Å². The Kier molecular flexibility index (Phi) is 13.4. The van der Waals surface area contributed by atoms with Crippen molar-refractivity contribution in [2.24, 2.45) is 5.92 Å². The number of aromatic nitrogens is 2. The molecular weight excluding hydrogens is 572 g/mol. The smallest absolute Gasteiger partial charge is 0.252 e. The Labute approximate surface area is 250 Å². The van der Waals surface area contributed by atoms with E-state index in [9.17, 15) is 14.4 Å². The molecule has 1 aromatic heterocycles. The number of hydrogen-bond donors (Lipinski definition) is 1. The fourth-order valence-corrected chi connectivity index (χ4v) is 5.65. The van der Waals surface area contributed by atoms with Gasteiger partial charge in [0.15, 0.2) is 5.78 Å². The minimum absolute atomic E-state index is 0. The third-order valence-corrected chi connectivity index (χ3v) is 7.38. The van der Waals surface area contributed by atoms with E-state index >= 15 is 0 Å². The summed E-state index contributed by atoms with van der Waals surface area (Å²) in [4.78, 5) is 45.0. The van der Waals surface area contributed by atoms with E-state index in [1.54, 1.807) is 41.8 Å². The molecule has 13 heteroatoms. The summed E-state index contributed by atoms with van der Waals surface area (Å²) in [5, 5.41) is 2.58. The zero-order valence-corrected chi connectivity index (χ0v) is 25.0. The first kappa shape index (κ1) is 33.7. The van der Waals surface area contributed by atoms with Crippen molar-refractivity contribution in [1.29, 1.82) is 0 Å². The number of amides is 2. The van der Waals surface area contributed by atoms with E-state index in [-0.39, 0.29) is 90.6 Å². The molecule has 1 saturated carbocycles. The van der Waals surface area contributed by atoms with Gasteiger partial charge in [0, 0.05) is 30.2 Å². The average molecular weight is 607 g/mol. The second-order valence-corrected chi connectivity index (χ2v) is 9.62. The topological polar surface area (TPSA) is 93.5 Å². The number of carbonyl (C=O) groups excluding carboxylic acids is 3. The number of ketones is 1. The Morgan fingerprint density at radius 1 is 1.11 bits per heavy atom. The minimum atomic E-state index is -0.703. The summed E-state index contributed by atoms with van der Waals surface area (Å²) in [6, 6.07) is 5.83. The van der Waals surface area contributed by atoms with E-state index in [2.05, 4.69) is 10.3 Å². The molecule has 3 fully saturated rings. The van der Waals surface area contributed by atoms with Crippen molar-refractivity contribution in [3.05, 3.63) is 48.5 Å². The number of halogens is 1. The number of ether oxygens (including phenoxy) is 1. The summed E-state index contributed by atoms with van der Waals surface area (Å²) >= 11 is 6.41. The molecule has 2 aliphatic heterocycles. The normalized spacial score (nSPS) is 23.4. The van der Waals surface area contributed by atoms with Crippen molar-refractivity contribution in [1.82, 2.24) is 19.8 Å². The Morgan fingerprint density at radius 2 is 1.84 bits per heavy atom. The van der Waals surface area contributed by atoms with Crippen LogP contribution in [0.5, 0.6) is 0 Å². The highest BCUT2D eigenvalue weighted by Crippen LogP contribution is 2.34. The van der Waals surface area contributed by atoms with Crippen LogP contribution in [0.2, 0.25) is 0 Å². The maximum Gasteiger partial charge on any atom is 0.252 e. The van der Waals surface area contributed by atoms with Crippen LogP contribution in [0.1, 0.15) is 42.5 Å². The van der Waals surface area contributed by atoms with Crippen LogP contribution in [-0.2, 0) is 14.3 Å². The van der Waals surface area contributed by atoms with Gasteiger partial charge in [0.25, 0.3) is 5.91 Å². The molecule has 37 heavy (non-hydrogen) atoms. The Morgan fingerprint density at radius 3 is 2.51 bits per heavy atom. The Balaban J connectivity index is 0.00000171. The first-order valence-electron chi connectivity index (χ1n) is 11.5. The van der Waals surface area contributed by atoms with Crippen LogP contribution in [0.15, 0.2) is 43.0 Å². The van der Waals surface area contributed by atoms with Gasteiger partial charge in [0.2, 0.25) is 5.91 Å². The molecule has 206 valence electrons. The maximum absolute atomic E-state index is 13.7. The second kappa shape index (κ2) is 14.7. The molecule has 8 nitrogen and oxygen atoms in total. The standard InChI is InChI=1S/C24H27ClN4O4.4H2S/c25-18-12-29(21-19(30)13-33-22(18)21)24(32)20(15-5-2-1-3-6-15)27-23(31)16-7-4-8-17(11-16)28-10-9-26-14-28;;;;/h4,7-11,14-15,18,20-22H,1-3,5-6,12-13H2,(H,27,31);4*1H2/t18-,20-,21+,22+;;;;/m0..../s1. The number of hydrogen-bond acceptors (Lipinski definition) is 5. The quantitative estimate of drug-likeness (QED) is 0.529. The van der Waals surface area contributed by atoms with Crippen LogP contribution in [0.3, 0.4) is 0 Å². The van der Waals surface area contributed by atoms with E-state index in [0.717, 1.165) is 37.8 Å². The van der Waals surface area contributed by atoms with Crippen molar-refractivity contribution in [2.75, 3.05) is 13.2 Å². The van der Waals surface area contributed by atoms with Crippen LogP contribution >= 0.6 is 65.6 Å². The number of carbonyl (C=O) groups is 3. The summed E-state index contributed by atoms with van der Waals surface area (Å²) in [6.07, 6.45) is 9.56. The van der Waals surface area contributed by atoms with Gasteiger partial charge in [-0.2, -0.15) is 54.0 Å². The lowest BCUT2D eigenvalue weighted by molar-refractivity contribution is -0.139. The van der Waals surface area contributed by atoms with Crippen LogP contribution in [0, 0.1) is 5.92 Å². The third kappa shape index (κ3) is 7.02. The zero-order chi connectivity index (χ0) is 22.9. The fourth-order valence-electron chi connectivity index (χ4n) is 5.30. The van der Waals surface area contributed by atoms with Crippen LogP contribution in [0.25, 0.3) is 5.69 Å². The molecule has 3 aliphatic rings. The van der Waals surface area contributed by atoms with Crippen LogP contribution < -0.4 is 5.32 Å². The highest BCUT2D eigenvalue weighted by molar-refractivity contribution is 7.59. The van der Waals surface area contributed by atoms with Gasteiger partial charge in [-0.05, 0) is 37.0 Å². The monoisotopic (exact) mass is 606 g/mol. The molecule has 2 saturated heterocycles. The molecule has 2 amide bonds. The van der Waals surface area contributed by atoms with Crippen LogP contribution in [-0.4, -0.2) is 68.8 Å². The van der Waals surface area contributed by atoms with Crippen molar-refractivity contribution < 1.29 is 19.1 Å². The van der Waals surface area contributed by atoms with Crippen molar-refractivity contribution >= 4 is 83.2 Å². The summed E-state index contributed by atoms with van der Waals surface area (Å²) in [6.45, 7) is 0.223. The van der Waals surface area contributed by atoms with Crippen LogP contribution in [0.4, 0.5) is 0 Å². The molecule has 1 aromatic carbocycles. The molecule has 0 spiro atoms. The van der Waals surface area contributed by atoms with Crippen molar-refractivity contribution in [3.63, 3.8) is 0 Å². The molecule has 0 unspecified atom stereocenters. The number of nitrogens with one attached hydrogen (secondary N) is 1. The van der Waals surface area contributed by atoms with Gasteiger partial charge < -0.3 is 19.5 Å². The second-order valence-electron chi connectivity index (χ2n) is 9.06. The van der Waals surface area contributed by atoms with Crippen molar-refractivity contribution in [2.45, 2.75) is 55.7 Å². The zero-order valence-electron chi connectivity index (χ0n) is 20.2. The SMILES string of the molecule is O=C(N[C@H](C(=O)N1C[C@H](Cl)[C@H]2OCC(=O)[C@H]21)C1CCCCC1)c1cccc(-n2ccnc2)c1.S.S.S.S. The molecule has 0 radical (unpaired) electrons. The lowest BCUT2D eigenvalue weighted by Crippen LogP contribution is -2.55. The Bertz CT molecular complexity index is 1060. The number of alkyl halides is 1. The van der Waals surface area contributed by atoms with Gasteiger partial charge in [0.05, 0.1) is 11.7 Å². The molecular formula is C24H35ClN4O4S4. The largest absolute Gasteiger partial charge is 0.366 e. The highest BCUT2D eigenvalue weighted by atomic mass is 35.5. The number of rotatable bonds is 5. The predicted molar refractivity (Wildman–Crippen MR) is 163 cm³/mol. The lowest BCUT2D eigenvalue weighted by atomic mass is 9.83. The van der Waals surface area contributed by atoms with Crippen molar-refractivity contribution in [3.8, 4) is 5.69 Å². The fraction of sp³-hybridized carbons (Fsp3) is 0.500. The number of nitrogens with zero attached hydrogens (tertiary/aromatic N) is 3. The number of benzene rings is 1. The molecule has 4 atom stereocenters. The van der Waals surface area contributed by atoms with E-state index in [0.29, 0.717) is 5.56 Å². The first-order valence-corrected chi connectivity index (χ1v) is 11.9. The summed E-state index contributed by atoms with van der Waals surface area (Å²) in [5.41, 5.74) is 1.27. The molecule has 2 aromatic rings. The van der Waals surface area contributed by atoms with Gasteiger partial charge in [-0.15, -0.1) is 11.6 Å². The number of Topliss-reactive ketones (excluding diaryl/α,β-unsaturated/α-hetero) is 1. The summed E-state index contributed by atoms with van der Waals surface area (Å²) in [7, 11) is 0. The molecule has 5 rings (SSSR count). The Hall–Kier alpha value is -1.31. The number of imidazole rings is 1. The predicted octanol–water partition coefficient (Wildman–Crippen LogP) is 2.79. The summed E-state index contributed by atoms with van der Waals surface area (Å²) < 4.78 is 7.35. The van der Waals surface area contributed by atoms with E-state index < -0.39 is 23.6 Å². The average Bonchev–Trinajstić information content (AvgIpc) is 3.58. The summed E-state index contributed by atoms with van der Waals surface area (Å²) in [5.74, 6) is -0.651. The van der Waals surface area contributed by atoms with E-state index in [1.807, 2.05) is 10.6 Å². The molecule has 1 N–H and O–H groups in total. The number of fused-ring (bicyclic) bond motifs is 1. The molecule has 1 aliphatic carbocycles. The first-order chi connectivity index (χ1) is 16.0. The highest BCUT2D eigenvalue weighted by Gasteiger charge is 2.53. The number of likely N-dealkylation sites (tertiary alicyclic amines) is 1. The molecule has 0 bridgehead atoms.